The summed E-state index contributed by atoms with van der Waals surface area (Å²) in [5.41, 5.74) is 3.25. The van der Waals surface area contributed by atoms with Gasteiger partial charge in [0.1, 0.15) is 0 Å². The smallest absolute Gasteiger partial charge is 0.0634 e. The van der Waals surface area contributed by atoms with Gasteiger partial charge in [-0.05, 0) is 0 Å². The van der Waals surface area contributed by atoms with E-state index in [1.807, 2.05) is 0 Å². The van der Waals surface area contributed by atoms with Crippen LogP contribution in [0.4, 0.5) is 0 Å². The van der Waals surface area contributed by atoms with Gasteiger partial charge in [0, 0.05) is 0 Å². The van der Waals surface area contributed by atoms with Crippen LogP contribution in [-0.4, -0.2) is 14.2 Å². The van der Waals surface area contributed by atoms with Gasteiger partial charge in [-0.3, -0.25) is 0 Å². The van der Waals surface area contributed by atoms with Crippen molar-refractivity contribution in [2.75, 3.05) is 14.2 Å². The minimum Gasteiger partial charge on any atom is -0.857 e. The number of hydrogen-bond acceptors (Lipinski definition) is 1. The van der Waals surface area contributed by atoms with Gasteiger partial charge in [-0.15, -0.1) is 0 Å². The first-order valence-corrected chi connectivity index (χ1v) is 1.12. The maximum atomic E-state index is 8.25. The Morgan fingerprint density at radius 2 is 1.25 bits per heavy atom. The molecule has 0 rings (SSSR count). The van der Waals surface area contributed by atoms with Gasteiger partial charge in [0.05, 0.1) is 7.05 Å². The van der Waals surface area contributed by atoms with Gasteiger partial charge in [0.25, 0.3) is 0 Å². The standard InChI is InChI=1S/CH5N.CH3O/c2*1-2/h2H2,1H3;1H3/q;-1/p+1. The van der Waals surface area contributed by atoms with Gasteiger partial charge in [-0.25, -0.2) is 0 Å². The van der Waals surface area contributed by atoms with Crippen LogP contribution in [0.1, 0.15) is 0 Å². The quantitative estimate of drug-likeness (QED) is 0.342. The maximum absolute atomic E-state index is 8.25. The molecule has 0 fully saturated rings. The third kappa shape index (κ3) is 254. The van der Waals surface area contributed by atoms with Crippen molar-refractivity contribution in [1.82, 2.24) is 0 Å². The average molecular weight is 63.1 g/mol. The van der Waals surface area contributed by atoms with Gasteiger partial charge < -0.3 is 10.8 Å². The fourth-order valence-electron chi connectivity index (χ4n) is 0. The Labute approximate surface area is 26.2 Å². The highest BCUT2D eigenvalue weighted by Gasteiger charge is 0.874. The second-order valence-electron chi connectivity index (χ2n) is 0. The number of quaternary nitrogens is 1. The molecule has 3 N–H and O–H groups in total. The lowest BCUT2D eigenvalue weighted by atomic mass is 11.6. The van der Waals surface area contributed by atoms with Crippen molar-refractivity contribution in [3.63, 3.8) is 0 Å². The third-order valence-electron chi connectivity index (χ3n) is 0. The molecule has 2 heteroatoms. The first kappa shape index (κ1) is 9.07. The molecular formula is C2H9NO. The van der Waals surface area contributed by atoms with Crippen LogP contribution in [0, 0.1) is 0 Å². The minimum absolute atomic E-state index is 0.750. The Morgan fingerprint density at radius 1 is 1.25 bits per heavy atom. The van der Waals surface area contributed by atoms with Crippen LogP contribution >= 0.6 is 0 Å². The summed E-state index contributed by atoms with van der Waals surface area (Å²) in [6.45, 7) is 0. The molecule has 0 spiro atoms. The van der Waals surface area contributed by atoms with Crippen LogP contribution in [0.25, 0.3) is 0 Å². The summed E-state index contributed by atoms with van der Waals surface area (Å²) in [7, 11) is 2.50. The van der Waals surface area contributed by atoms with E-state index in [0.29, 0.717) is 0 Å². The normalized spacial score (nSPS) is 3.00. The van der Waals surface area contributed by atoms with E-state index in [1.54, 1.807) is 7.05 Å². The summed E-state index contributed by atoms with van der Waals surface area (Å²) in [4.78, 5) is 0. The zero-order valence-electron chi connectivity index (χ0n) is 3.12. The van der Waals surface area contributed by atoms with Crippen molar-refractivity contribution < 1.29 is 10.8 Å². The molecule has 0 aromatic heterocycles. The molecule has 0 aliphatic carbocycles. The van der Waals surface area contributed by atoms with E-state index < -0.39 is 0 Å². The first-order valence-electron chi connectivity index (χ1n) is 1.12. The van der Waals surface area contributed by atoms with E-state index in [4.69, 9.17) is 5.11 Å². The minimum atomic E-state index is 0.750. The van der Waals surface area contributed by atoms with Crippen LogP contribution in [0.15, 0.2) is 0 Å². The highest BCUT2D eigenvalue weighted by Crippen LogP contribution is 0.419. The molecule has 28 valence electrons. The predicted octanol–water partition coefficient (Wildman–Crippen LogP) is -2.17. The molecule has 0 aromatic carbocycles. The molecule has 0 unspecified atom stereocenters. The first-order chi connectivity index (χ1) is 2.00. The average Bonchev–Trinajstić information content (AvgIpc) is 1.50. The van der Waals surface area contributed by atoms with Crippen LogP contribution < -0.4 is 10.8 Å². The van der Waals surface area contributed by atoms with Crippen LogP contribution in [-0.2, 0) is 0 Å². The van der Waals surface area contributed by atoms with Crippen LogP contribution in [0.2, 0.25) is 0 Å². The van der Waals surface area contributed by atoms with Crippen molar-refractivity contribution in [3.05, 3.63) is 0 Å². The van der Waals surface area contributed by atoms with Crippen LogP contribution in [0.3, 0.4) is 0 Å². The molecule has 2 nitrogen and oxygen atoms in total. The summed E-state index contributed by atoms with van der Waals surface area (Å²) in [5, 5.41) is 8.25. The Kier molecular flexibility index (Phi) is 3810. The fraction of sp³-hybridized carbons (Fsp3) is 1.00. The summed E-state index contributed by atoms with van der Waals surface area (Å²) < 4.78 is 0. The lowest BCUT2D eigenvalue weighted by molar-refractivity contribution is -0.325. The van der Waals surface area contributed by atoms with Crippen molar-refractivity contribution in [2.45, 2.75) is 0 Å². The number of hydrogen-bond donors (Lipinski definition) is 1. The molecule has 0 aromatic rings. The molecule has 0 aliphatic rings. The lowest BCUT2D eigenvalue weighted by Crippen LogP contribution is -2.40. The highest BCUT2D eigenvalue weighted by atomic mass is 16.2. The zero-order valence-corrected chi connectivity index (χ0v) is 3.12. The number of rotatable bonds is 0. The molecule has 0 bridgehead atoms. The van der Waals surface area contributed by atoms with E-state index >= 15 is 0 Å². The highest BCUT2D eigenvalue weighted by molar-refractivity contribution is 3.08. The molecule has 0 saturated carbocycles. The second-order valence-corrected chi connectivity index (χ2v) is 0. The maximum Gasteiger partial charge on any atom is 0.0634 e. The summed E-state index contributed by atoms with van der Waals surface area (Å²) in [6.07, 6.45) is 0. The predicted molar refractivity (Wildman–Crippen MR) is 14.7 cm³/mol. The van der Waals surface area contributed by atoms with Crippen molar-refractivity contribution in [1.29, 1.82) is 0 Å². The zero-order chi connectivity index (χ0) is 4.00. The third-order valence-corrected chi connectivity index (χ3v) is 0. The topological polar surface area (TPSA) is 50.7 Å². The largest absolute Gasteiger partial charge is 0.857 e. The summed E-state index contributed by atoms with van der Waals surface area (Å²) >= 11 is 0. The second kappa shape index (κ2) is 1680. The monoisotopic (exact) mass is 63.1 g/mol. The van der Waals surface area contributed by atoms with Gasteiger partial charge in [0.15, 0.2) is 0 Å². The van der Waals surface area contributed by atoms with E-state index in [1.165, 1.54) is 0 Å². The summed E-state index contributed by atoms with van der Waals surface area (Å²) in [6, 6.07) is 0. The Morgan fingerprint density at radius 3 is 1.25 bits per heavy atom. The van der Waals surface area contributed by atoms with E-state index in [-0.39, 0.29) is 0 Å². The molecule has 0 heterocycles. The van der Waals surface area contributed by atoms with Gasteiger partial charge in [0.2, 0.25) is 0 Å². The molecule has 0 amide bonds. The van der Waals surface area contributed by atoms with Crippen molar-refractivity contribution >= 4 is 0 Å². The Bertz CT molecular complexity index is 6.00. The molecule has 0 radical (unpaired) electrons. The van der Waals surface area contributed by atoms with E-state index in [9.17, 15) is 0 Å². The van der Waals surface area contributed by atoms with Gasteiger partial charge >= 0.3 is 0 Å². The lowest BCUT2D eigenvalue weighted by Gasteiger charge is -1.57. The van der Waals surface area contributed by atoms with Crippen molar-refractivity contribution in [3.8, 4) is 0 Å². The Hall–Kier alpha value is -0.0800. The molecule has 0 saturated heterocycles. The van der Waals surface area contributed by atoms with Gasteiger partial charge in [-0.2, -0.15) is 7.11 Å². The molecular weight excluding hydrogens is 54.0 g/mol. The Balaban J connectivity index is 0. The SMILES string of the molecule is C[NH3+].C[O-]. The molecule has 0 atom stereocenters. The fourth-order valence-corrected chi connectivity index (χ4v) is 0. The van der Waals surface area contributed by atoms with E-state index in [0.717, 1.165) is 7.11 Å². The molecule has 0 aliphatic heterocycles. The molecule has 4 heavy (non-hydrogen) atoms. The summed E-state index contributed by atoms with van der Waals surface area (Å²) in [5.74, 6) is 0. The van der Waals surface area contributed by atoms with Crippen molar-refractivity contribution in [2.24, 2.45) is 0 Å². The van der Waals surface area contributed by atoms with Gasteiger partial charge in [-0.1, -0.05) is 0 Å². The van der Waals surface area contributed by atoms with E-state index in [2.05, 4.69) is 5.73 Å². The van der Waals surface area contributed by atoms with Crippen LogP contribution in [0.5, 0.6) is 0 Å².